The molecule has 1 aromatic carbocycles. The van der Waals surface area contributed by atoms with E-state index in [0.717, 1.165) is 5.56 Å². The van der Waals surface area contributed by atoms with Gasteiger partial charge in [-0.3, -0.25) is 14.5 Å². The number of pyridine rings is 1. The molecule has 2 aromatic rings. The summed E-state index contributed by atoms with van der Waals surface area (Å²) in [5.41, 5.74) is 1.74. The molecule has 5 nitrogen and oxygen atoms in total. The van der Waals surface area contributed by atoms with E-state index in [1.807, 2.05) is 6.92 Å². The van der Waals surface area contributed by atoms with Gasteiger partial charge in [0.2, 0.25) is 5.95 Å². The Morgan fingerprint density at radius 2 is 1.74 bits per heavy atom. The van der Waals surface area contributed by atoms with Gasteiger partial charge >= 0.3 is 0 Å². The second-order valence-corrected chi connectivity index (χ2v) is 5.23. The Kier molecular flexibility index (Phi) is 4.06. The van der Waals surface area contributed by atoms with Crippen LogP contribution in [0.1, 0.15) is 33.2 Å². The average molecular weight is 313 g/mol. The lowest BCUT2D eigenvalue weighted by atomic mass is 10.1. The molecule has 118 valence electrons. The third kappa shape index (κ3) is 2.79. The van der Waals surface area contributed by atoms with Crippen molar-refractivity contribution in [2.75, 3.05) is 18.4 Å². The normalized spacial score (nSPS) is 13.4. The minimum Gasteiger partial charge on any atom is -0.368 e. The van der Waals surface area contributed by atoms with Crippen molar-refractivity contribution in [1.82, 2.24) is 9.88 Å². The number of nitrogens with one attached hydrogen (secondary N) is 1. The molecule has 0 radical (unpaired) electrons. The minimum atomic E-state index is -0.564. The number of rotatable bonds is 5. The van der Waals surface area contributed by atoms with Crippen LogP contribution in [0.5, 0.6) is 0 Å². The molecule has 23 heavy (non-hydrogen) atoms. The SMILES string of the molecule is CCc1ccc(F)nc1NCCN1C(=O)c2ccccc2C1=O. The molecule has 0 bridgehead atoms. The van der Waals surface area contributed by atoms with E-state index in [1.54, 1.807) is 30.3 Å². The van der Waals surface area contributed by atoms with Crippen LogP contribution in [0.25, 0.3) is 0 Å². The van der Waals surface area contributed by atoms with Gasteiger partial charge in [0.15, 0.2) is 0 Å². The fourth-order valence-electron chi connectivity index (χ4n) is 2.63. The molecule has 1 aliphatic rings. The maximum atomic E-state index is 13.2. The zero-order chi connectivity index (χ0) is 16.4. The van der Waals surface area contributed by atoms with Crippen molar-refractivity contribution in [2.45, 2.75) is 13.3 Å². The summed E-state index contributed by atoms with van der Waals surface area (Å²) in [5, 5.41) is 3.00. The van der Waals surface area contributed by atoms with Crippen LogP contribution in [0.2, 0.25) is 0 Å². The van der Waals surface area contributed by atoms with Crippen LogP contribution in [0.4, 0.5) is 10.2 Å². The number of hydrogen-bond acceptors (Lipinski definition) is 4. The summed E-state index contributed by atoms with van der Waals surface area (Å²) in [4.78, 5) is 29.5. The minimum absolute atomic E-state index is 0.202. The van der Waals surface area contributed by atoms with Crippen LogP contribution < -0.4 is 5.32 Å². The van der Waals surface area contributed by atoms with Gasteiger partial charge in [-0.2, -0.15) is 4.39 Å². The van der Waals surface area contributed by atoms with Gasteiger partial charge < -0.3 is 5.32 Å². The van der Waals surface area contributed by atoms with Crippen LogP contribution in [0.3, 0.4) is 0 Å². The number of benzene rings is 1. The number of hydrogen-bond donors (Lipinski definition) is 1. The molecular formula is C17H16FN3O2. The Morgan fingerprint density at radius 1 is 1.09 bits per heavy atom. The first kappa shape index (κ1) is 15.1. The highest BCUT2D eigenvalue weighted by Gasteiger charge is 2.34. The zero-order valence-electron chi connectivity index (χ0n) is 12.7. The lowest BCUT2D eigenvalue weighted by Gasteiger charge is -2.15. The fraction of sp³-hybridized carbons (Fsp3) is 0.235. The Balaban J connectivity index is 1.68. The zero-order valence-corrected chi connectivity index (χ0v) is 12.7. The Morgan fingerprint density at radius 3 is 2.35 bits per heavy atom. The highest BCUT2D eigenvalue weighted by molar-refractivity contribution is 6.21. The second kappa shape index (κ2) is 6.16. The standard InChI is InChI=1S/C17H16FN3O2/c1-2-11-7-8-14(18)20-15(11)19-9-10-21-16(22)12-5-3-4-6-13(12)17(21)23/h3-8H,2,9-10H2,1H3,(H,19,20). The van der Waals surface area contributed by atoms with E-state index in [2.05, 4.69) is 10.3 Å². The predicted molar refractivity (Wildman–Crippen MR) is 83.9 cm³/mol. The molecule has 3 rings (SSSR count). The third-order valence-electron chi connectivity index (χ3n) is 3.83. The van der Waals surface area contributed by atoms with Crippen LogP contribution in [-0.4, -0.2) is 34.8 Å². The number of imide groups is 1. The van der Waals surface area contributed by atoms with Crippen LogP contribution in [-0.2, 0) is 6.42 Å². The number of fused-ring (bicyclic) bond motifs is 1. The maximum Gasteiger partial charge on any atom is 0.261 e. The van der Waals surface area contributed by atoms with E-state index in [-0.39, 0.29) is 18.4 Å². The lowest BCUT2D eigenvalue weighted by Crippen LogP contribution is -2.34. The molecule has 1 aromatic heterocycles. The van der Waals surface area contributed by atoms with Gasteiger partial charge in [-0.25, -0.2) is 4.98 Å². The number of amides is 2. The van der Waals surface area contributed by atoms with Gasteiger partial charge in [-0.15, -0.1) is 0 Å². The van der Waals surface area contributed by atoms with Crippen molar-refractivity contribution in [3.05, 3.63) is 59.0 Å². The second-order valence-electron chi connectivity index (χ2n) is 5.23. The van der Waals surface area contributed by atoms with Gasteiger partial charge in [0.1, 0.15) is 5.82 Å². The summed E-state index contributed by atoms with van der Waals surface area (Å²) in [6.07, 6.45) is 0.711. The summed E-state index contributed by atoms with van der Waals surface area (Å²) in [6, 6.07) is 9.74. The summed E-state index contributed by atoms with van der Waals surface area (Å²) >= 11 is 0. The predicted octanol–water partition coefficient (Wildman–Crippen LogP) is 2.49. The number of carbonyl (C=O) groups excluding carboxylic acids is 2. The largest absolute Gasteiger partial charge is 0.368 e. The number of carbonyl (C=O) groups is 2. The van der Waals surface area contributed by atoms with Crippen molar-refractivity contribution in [3.63, 3.8) is 0 Å². The summed E-state index contributed by atoms with van der Waals surface area (Å²) in [6.45, 7) is 2.47. The average Bonchev–Trinajstić information content (AvgIpc) is 2.80. The molecule has 0 spiro atoms. The first-order valence-corrected chi connectivity index (χ1v) is 7.46. The first-order valence-electron chi connectivity index (χ1n) is 7.46. The van der Waals surface area contributed by atoms with Gasteiger partial charge in [0.05, 0.1) is 11.1 Å². The Hall–Kier alpha value is -2.76. The molecule has 0 saturated heterocycles. The van der Waals surface area contributed by atoms with Crippen molar-refractivity contribution in [3.8, 4) is 0 Å². The molecule has 1 aliphatic heterocycles. The highest BCUT2D eigenvalue weighted by Crippen LogP contribution is 2.22. The quantitative estimate of drug-likeness (QED) is 0.680. The number of nitrogens with zero attached hydrogens (tertiary/aromatic N) is 2. The topological polar surface area (TPSA) is 62.3 Å². The number of aromatic nitrogens is 1. The van der Waals surface area contributed by atoms with Crippen LogP contribution in [0.15, 0.2) is 36.4 Å². The summed E-state index contributed by atoms with van der Waals surface area (Å²) in [5.74, 6) is -0.708. The highest BCUT2D eigenvalue weighted by atomic mass is 19.1. The van der Waals surface area contributed by atoms with E-state index >= 15 is 0 Å². The first-order chi connectivity index (χ1) is 11.1. The smallest absolute Gasteiger partial charge is 0.261 e. The van der Waals surface area contributed by atoms with E-state index in [1.165, 1.54) is 11.0 Å². The van der Waals surface area contributed by atoms with E-state index in [9.17, 15) is 14.0 Å². The van der Waals surface area contributed by atoms with Gasteiger partial charge in [-0.1, -0.05) is 25.1 Å². The van der Waals surface area contributed by atoms with Crippen LogP contribution >= 0.6 is 0 Å². The monoisotopic (exact) mass is 313 g/mol. The molecule has 0 aliphatic carbocycles. The molecule has 2 amide bonds. The molecule has 1 N–H and O–H groups in total. The van der Waals surface area contributed by atoms with Gasteiger partial charge in [-0.05, 0) is 30.2 Å². The van der Waals surface area contributed by atoms with Crippen molar-refractivity contribution >= 4 is 17.6 Å². The maximum absolute atomic E-state index is 13.2. The van der Waals surface area contributed by atoms with E-state index in [0.29, 0.717) is 29.9 Å². The van der Waals surface area contributed by atoms with Crippen molar-refractivity contribution < 1.29 is 14.0 Å². The molecule has 6 heteroatoms. The van der Waals surface area contributed by atoms with Gasteiger partial charge in [0, 0.05) is 13.1 Å². The molecule has 0 unspecified atom stereocenters. The molecule has 0 saturated carbocycles. The van der Waals surface area contributed by atoms with Crippen LogP contribution in [0, 0.1) is 5.95 Å². The van der Waals surface area contributed by atoms with E-state index < -0.39 is 5.95 Å². The lowest BCUT2D eigenvalue weighted by molar-refractivity contribution is 0.0660. The Bertz CT molecular complexity index is 741. The fourth-order valence-corrected chi connectivity index (χ4v) is 2.63. The van der Waals surface area contributed by atoms with E-state index in [4.69, 9.17) is 0 Å². The molecular weight excluding hydrogens is 297 g/mol. The summed E-state index contributed by atoms with van der Waals surface area (Å²) < 4.78 is 13.2. The molecule has 0 atom stereocenters. The van der Waals surface area contributed by atoms with Gasteiger partial charge in [0.25, 0.3) is 11.8 Å². The number of anilines is 1. The van der Waals surface area contributed by atoms with Crippen molar-refractivity contribution in [1.29, 1.82) is 0 Å². The Labute approximate surface area is 133 Å². The molecule has 0 fully saturated rings. The van der Waals surface area contributed by atoms with Crippen molar-refractivity contribution in [2.24, 2.45) is 0 Å². The third-order valence-corrected chi connectivity index (χ3v) is 3.83. The number of aryl methyl sites for hydroxylation is 1. The summed E-state index contributed by atoms with van der Waals surface area (Å²) in [7, 11) is 0. The number of halogens is 1. The molecule has 2 heterocycles.